The summed E-state index contributed by atoms with van der Waals surface area (Å²) in [5.41, 5.74) is 0. The first-order chi connectivity index (χ1) is 48.5. The van der Waals surface area contributed by atoms with Crippen LogP contribution in [0.25, 0.3) is 0 Å². The molecule has 0 aliphatic rings. The van der Waals surface area contributed by atoms with Crippen LogP contribution in [0.4, 0.5) is 0 Å². The Bertz CT molecular complexity index is 1910. The van der Waals surface area contributed by atoms with E-state index in [9.17, 15) is 43.2 Å². The monoisotopic (exact) mass is 1470 g/mol. The molecule has 0 amide bonds. The number of hydrogen-bond acceptors (Lipinski definition) is 15. The normalized spacial score (nSPS) is 13.8. The maximum absolute atomic E-state index is 13.1. The van der Waals surface area contributed by atoms with E-state index in [-0.39, 0.29) is 25.7 Å². The van der Waals surface area contributed by atoms with Crippen LogP contribution in [0.15, 0.2) is 0 Å². The molecule has 3 N–H and O–H groups in total. The van der Waals surface area contributed by atoms with Crippen LogP contribution in [0.5, 0.6) is 0 Å². The molecule has 0 aliphatic heterocycles. The number of hydrogen-bond donors (Lipinski definition) is 3. The fourth-order valence-corrected chi connectivity index (χ4v) is 14.2. The van der Waals surface area contributed by atoms with Crippen molar-refractivity contribution in [1.82, 2.24) is 0 Å². The Labute approximate surface area is 613 Å². The minimum Gasteiger partial charge on any atom is -0.462 e. The van der Waals surface area contributed by atoms with Gasteiger partial charge in [0.2, 0.25) is 0 Å². The van der Waals surface area contributed by atoms with Crippen LogP contribution < -0.4 is 0 Å². The quantitative estimate of drug-likeness (QED) is 0.0222. The van der Waals surface area contributed by atoms with Crippen LogP contribution >= 0.6 is 15.6 Å². The summed E-state index contributed by atoms with van der Waals surface area (Å²) in [5, 5.41) is 10.6. The highest BCUT2D eigenvalue weighted by molar-refractivity contribution is 7.47. The largest absolute Gasteiger partial charge is 0.472 e. The van der Waals surface area contributed by atoms with E-state index in [0.29, 0.717) is 25.7 Å². The van der Waals surface area contributed by atoms with Crippen molar-refractivity contribution in [1.29, 1.82) is 0 Å². The molecule has 0 aliphatic carbocycles. The summed E-state index contributed by atoms with van der Waals surface area (Å²) < 4.78 is 68.8. The lowest BCUT2D eigenvalue weighted by Gasteiger charge is -2.21. The number of aliphatic hydroxyl groups is 1. The number of carbonyl (C=O) groups excluding carboxylic acids is 4. The minimum atomic E-state index is -4.96. The minimum absolute atomic E-state index is 0.109. The predicted molar refractivity (Wildman–Crippen MR) is 409 cm³/mol. The highest BCUT2D eigenvalue weighted by Crippen LogP contribution is 2.45. The van der Waals surface area contributed by atoms with E-state index in [1.807, 2.05) is 0 Å². The second-order valence-corrected chi connectivity index (χ2v) is 32.5. The van der Waals surface area contributed by atoms with E-state index in [4.69, 9.17) is 37.0 Å². The van der Waals surface area contributed by atoms with Crippen LogP contribution in [0.1, 0.15) is 433 Å². The summed E-state index contributed by atoms with van der Waals surface area (Å²) in [5.74, 6) is -1.31. The molecule has 0 fully saturated rings. The van der Waals surface area contributed by atoms with Gasteiger partial charge in [-0.25, -0.2) is 9.13 Å². The van der Waals surface area contributed by atoms with Crippen molar-refractivity contribution in [3.63, 3.8) is 0 Å². The maximum atomic E-state index is 13.1. The number of aliphatic hydroxyl groups excluding tert-OH is 1. The lowest BCUT2D eigenvalue weighted by Crippen LogP contribution is -2.30. The maximum Gasteiger partial charge on any atom is 0.472 e. The Morgan fingerprint density at radius 3 is 0.680 bits per heavy atom. The van der Waals surface area contributed by atoms with E-state index in [1.54, 1.807) is 0 Å². The number of unbranched alkanes of at least 4 members (excludes halogenated alkanes) is 53. The van der Waals surface area contributed by atoms with Gasteiger partial charge in [0.25, 0.3) is 0 Å². The Balaban J connectivity index is 5.26. The molecular formula is C81H158O17P2. The number of phosphoric acid groups is 2. The summed E-state index contributed by atoms with van der Waals surface area (Å²) in [6.45, 7) is 7.36. The Kier molecular flexibility index (Phi) is 72.5. The van der Waals surface area contributed by atoms with Crippen molar-refractivity contribution >= 4 is 39.5 Å². The molecule has 2 unspecified atom stereocenters. The predicted octanol–water partition coefficient (Wildman–Crippen LogP) is 24.4. The van der Waals surface area contributed by atoms with Gasteiger partial charge in [0, 0.05) is 25.7 Å². The topological polar surface area (TPSA) is 237 Å². The third-order valence-corrected chi connectivity index (χ3v) is 20.9. The molecule has 0 radical (unpaired) electrons. The first-order valence-electron chi connectivity index (χ1n) is 42.1. The summed E-state index contributed by atoms with van der Waals surface area (Å²) in [4.78, 5) is 73.1. The van der Waals surface area contributed by atoms with E-state index < -0.39 is 97.5 Å². The molecule has 0 heterocycles. The SMILES string of the molecule is CCCCCCCCCCCCCCCCCCCC(=O)O[C@H](COC(=O)CCCCCCCCCCCCCCCC(C)C)COP(=O)(O)OC[C@@H](O)COP(=O)(O)OC[C@@H](COC(=O)CCCCCCCCCCCCCC)OC(=O)CCCCCCCCCCCCCCCCC. The molecule has 0 bridgehead atoms. The van der Waals surface area contributed by atoms with Gasteiger partial charge in [-0.2, -0.15) is 0 Å². The molecular weight excluding hydrogens is 1310 g/mol. The van der Waals surface area contributed by atoms with E-state index >= 15 is 0 Å². The van der Waals surface area contributed by atoms with Gasteiger partial charge in [0.05, 0.1) is 26.4 Å². The summed E-state index contributed by atoms with van der Waals surface area (Å²) >= 11 is 0. The average molecular weight is 1470 g/mol. The molecule has 0 spiro atoms. The first kappa shape index (κ1) is 98.1. The molecule has 594 valence electrons. The van der Waals surface area contributed by atoms with Crippen molar-refractivity contribution in [3.8, 4) is 0 Å². The van der Waals surface area contributed by atoms with Crippen molar-refractivity contribution in [3.05, 3.63) is 0 Å². The second-order valence-electron chi connectivity index (χ2n) is 29.6. The molecule has 100 heavy (non-hydrogen) atoms. The molecule has 5 atom stereocenters. The molecule has 0 rings (SSSR count). The Morgan fingerprint density at radius 2 is 0.460 bits per heavy atom. The third-order valence-electron chi connectivity index (χ3n) is 19.0. The Hall–Kier alpha value is -1.94. The van der Waals surface area contributed by atoms with Crippen LogP contribution in [-0.2, 0) is 65.4 Å². The summed E-state index contributed by atoms with van der Waals surface area (Å²) in [6.07, 6.45) is 65.0. The molecule has 0 aromatic carbocycles. The first-order valence-corrected chi connectivity index (χ1v) is 45.1. The van der Waals surface area contributed by atoms with Crippen molar-refractivity contribution in [2.24, 2.45) is 5.92 Å². The molecule has 0 saturated heterocycles. The van der Waals surface area contributed by atoms with Crippen LogP contribution in [0, 0.1) is 5.92 Å². The average Bonchev–Trinajstić information content (AvgIpc) is 1.00. The Morgan fingerprint density at radius 1 is 0.270 bits per heavy atom. The van der Waals surface area contributed by atoms with E-state index in [1.165, 1.54) is 257 Å². The molecule has 0 aromatic rings. The number of esters is 4. The highest BCUT2D eigenvalue weighted by atomic mass is 31.2. The zero-order valence-corrected chi connectivity index (χ0v) is 67.1. The van der Waals surface area contributed by atoms with Crippen molar-refractivity contribution < 1.29 is 80.2 Å². The number of ether oxygens (including phenoxy) is 4. The van der Waals surface area contributed by atoms with Crippen LogP contribution in [0.2, 0.25) is 0 Å². The van der Waals surface area contributed by atoms with Gasteiger partial charge in [-0.1, -0.05) is 381 Å². The second kappa shape index (κ2) is 73.9. The van der Waals surface area contributed by atoms with Crippen molar-refractivity contribution in [2.45, 2.75) is 451 Å². The van der Waals surface area contributed by atoms with Gasteiger partial charge in [0.15, 0.2) is 12.2 Å². The number of carbonyl (C=O) groups is 4. The highest BCUT2D eigenvalue weighted by Gasteiger charge is 2.30. The smallest absolute Gasteiger partial charge is 0.462 e. The lowest BCUT2D eigenvalue weighted by atomic mass is 10.0. The third kappa shape index (κ3) is 74.3. The zero-order valence-electron chi connectivity index (χ0n) is 65.3. The molecule has 17 nitrogen and oxygen atoms in total. The molecule has 0 saturated carbocycles. The van der Waals surface area contributed by atoms with Gasteiger partial charge in [0.1, 0.15) is 19.3 Å². The van der Waals surface area contributed by atoms with Crippen LogP contribution in [-0.4, -0.2) is 96.7 Å². The van der Waals surface area contributed by atoms with Gasteiger partial charge < -0.3 is 33.8 Å². The zero-order chi connectivity index (χ0) is 73.4. The number of rotatable bonds is 81. The number of phosphoric ester groups is 2. The summed E-state index contributed by atoms with van der Waals surface area (Å²) in [7, 11) is -9.92. The van der Waals surface area contributed by atoms with E-state index in [0.717, 1.165) is 95.8 Å². The fraction of sp³-hybridized carbons (Fsp3) is 0.951. The van der Waals surface area contributed by atoms with Gasteiger partial charge in [-0.3, -0.25) is 37.3 Å². The van der Waals surface area contributed by atoms with Crippen LogP contribution in [0.3, 0.4) is 0 Å². The van der Waals surface area contributed by atoms with Crippen molar-refractivity contribution in [2.75, 3.05) is 39.6 Å². The standard InChI is InChI=1S/C81H158O17P2/c1-6-9-12-15-18-21-24-27-29-30-32-36-42-47-52-57-62-67-81(86)98-77(71-92-79(84)65-60-55-50-45-40-37-33-34-38-43-48-53-58-63-74(4)5)73-96-100(89,90)94-69-75(82)68-93-99(87,88)95-72-76(70-91-78(83)64-59-54-49-44-39-26-23-20-17-14-11-8-3)97-80(85)66-61-56-51-46-41-35-31-28-25-22-19-16-13-10-7-2/h74-77,82H,6-73H2,1-5H3,(H,87,88)(H,89,90)/t75-,76+,77+/m0/s1. The summed E-state index contributed by atoms with van der Waals surface area (Å²) in [6, 6.07) is 0. The van der Waals surface area contributed by atoms with E-state index in [2.05, 4.69) is 34.6 Å². The lowest BCUT2D eigenvalue weighted by molar-refractivity contribution is -0.161. The van der Waals surface area contributed by atoms with Gasteiger partial charge in [-0.05, 0) is 31.6 Å². The van der Waals surface area contributed by atoms with Gasteiger partial charge >= 0.3 is 39.5 Å². The molecule has 19 heteroatoms. The van der Waals surface area contributed by atoms with Gasteiger partial charge in [-0.15, -0.1) is 0 Å². The fourth-order valence-electron chi connectivity index (χ4n) is 12.6. The molecule has 0 aromatic heterocycles.